The third-order valence-electron chi connectivity index (χ3n) is 4.26. The normalized spacial score (nSPS) is 11.7. The Hall–Kier alpha value is -3.20. The standard InChI is InChI=1S/C21H23N5O3S/c1-3-18(22-21(28)29-14-16-7-5-4-6-8-16)19(27)13-26-24-20(23-25-26)30-17-11-9-15(2)10-12-17/h4-12,18H,3,13-14H2,1-2H3,(H,22,28). The first-order chi connectivity index (χ1) is 14.5. The summed E-state index contributed by atoms with van der Waals surface area (Å²) in [6, 6.07) is 16.6. The lowest BCUT2D eigenvalue weighted by atomic mass is 10.1. The molecule has 0 saturated heterocycles. The molecule has 0 aliphatic heterocycles. The number of carbonyl (C=O) groups is 2. The van der Waals surface area contributed by atoms with Gasteiger partial charge in [0.25, 0.3) is 0 Å². The van der Waals surface area contributed by atoms with E-state index in [0.29, 0.717) is 11.6 Å². The number of aryl methyl sites for hydroxylation is 1. The molecular formula is C21H23N5O3S. The minimum atomic E-state index is -0.688. The van der Waals surface area contributed by atoms with Gasteiger partial charge in [-0.25, -0.2) is 4.79 Å². The number of aromatic nitrogens is 4. The van der Waals surface area contributed by atoms with Crippen molar-refractivity contribution < 1.29 is 14.3 Å². The number of Topliss-reactive ketones (excluding diaryl/α,β-unsaturated/α-hetero) is 1. The Morgan fingerprint density at radius 3 is 2.57 bits per heavy atom. The van der Waals surface area contributed by atoms with Crippen LogP contribution in [0.3, 0.4) is 0 Å². The number of ketones is 1. The zero-order valence-corrected chi connectivity index (χ0v) is 17.6. The summed E-state index contributed by atoms with van der Waals surface area (Å²) in [6.45, 7) is 3.89. The van der Waals surface area contributed by atoms with Crippen molar-refractivity contribution in [2.24, 2.45) is 0 Å². The lowest BCUT2D eigenvalue weighted by Crippen LogP contribution is -2.42. The topological polar surface area (TPSA) is 99.0 Å². The van der Waals surface area contributed by atoms with Crippen LogP contribution in [0.4, 0.5) is 4.79 Å². The van der Waals surface area contributed by atoms with Crippen LogP contribution in [-0.2, 0) is 22.7 Å². The monoisotopic (exact) mass is 425 g/mol. The van der Waals surface area contributed by atoms with Gasteiger partial charge in [-0.3, -0.25) is 4.79 Å². The Kier molecular flexibility index (Phi) is 7.56. The molecule has 0 radical (unpaired) electrons. The first kappa shape index (κ1) is 21.5. The number of ether oxygens (including phenoxy) is 1. The molecule has 0 spiro atoms. The fourth-order valence-electron chi connectivity index (χ4n) is 2.61. The van der Waals surface area contributed by atoms with E-state index in [1.165, 1.54) is 22.1 Å². The summed E-state index contributed by atoms with van der Waals surface area (Å²) in [5.74, 6) is -0.224. The van der Waals surface area contributed by atoms with E-state index in [1.54, 1.807) is 0 Å². The summed E-state index contributed by atoms with van der Waals surface area (Å²) >= 11 is 1.37. The van der Waals surface area contributed by atoms with Crippen LogP contribution in [-0.4, -0.2) is 38.1 Å². The third kappa shape index (κ3) is 6.41. The van der Waals surface area contributed by atoms with Gasteiger partial charge in [0.15, 0.2) is 5.78 Å². The second kappa shape index (κ2) is 10.5. The predicted molar refractivity (Wildman–Crippen MR) is 112 cm³/mol. The molecule has 1 amide bonds. The fraction of sp³-hybridized carbons (Fsp3) is 0.286. The molecule has 2 aromatic carbocycles. The average molecular weight is 426 g/mol. The van der Waals surface area contributed by atoms with Crippen molar-refractivity contribution in [3.8, 4) is 0 Å². The summed E-state index contributed by atoms with van der Waals surface area (Å²) in [4.78, 5) is 26.8. The van der Waals surface area contributed by atoms with E-state index in [2.05, 4.69) is 20.7 Å². The molecular weight excluding hydrogens is 402 g/mol. The maximum absolute atomic E-state index is 12.6. The molecule has 0 saturated carbocycles. The Balaban J connectivity index is 1.50. The van der Waals surface area contributed by atoms with Gasteiger partial charge in [0.05, 0.1) is 6.04 Å². The lowest BCUT2D eigenvalue weighted by Gasteiger charge is -2.15. The summed E-state index contributed by atoms with van der Waals surface area (Å²) in [7, 11) is 0. The Morgan fingerprint density at radius 1 is 1.13 bits per heavy atom. The van der Waals surface area contributed by atoms with Gasteiger partial charge in [-0.05, 0) is 48.0 Å². The molecule has 0 bridgehead atoms. The molecule has 3 rings (SSSR count). The number of amides is 1. The van der Waals surface area contributed by atoms with Crippen molar-refractivity contribution in [3.05, 3.63) is 65.7 Å². The number of carbonyl (C=O) groups excluding carboxylic acids is 2. The third-order valence-corrected chi connectivity index (χ3v) is 5.12. The molecule has 0 aliphatic rings. The first-order valence-electron chi connectivity index (χ1n) is 9.55. The number of nitrogens with zero attached hydrogens (tertiary/aromatic N) is 4. The molecule has 0 aliphatic carbocycles. The maximum atomic E-state index is 12.6. The van der Waals surface area contributed by atoms with Gasteiger partial charge in [-0.2, -0.15) is 4.80 Å². The molecule has 1 atom stereocenters. The minimum absolute atomic E-state index is 0.0844. The van der Waals surface area contributed by atoms with Gasteiger partial charge >= 0.3 is 6.09 Å². The zero-order valence-electron chi connectivity index (χ0n) is 16.8. The SMILES string of the molecule is CCC(NC(=O)OCc1ccccc1)C(=O)Cn1nnc(Sc2ccc(C)cc2)n1. The number of hydrogen-bond acceptors (Lipinski definition) is 7. The molecule has 156 valence electrons. The molecule has 1 unspecified atom stereocenters. The molecule has 9 heteroatoms. The van der Waals surface area contributed by atoms with Gasteiger partial charge in [0.2, 0.25) is 5.16 Å². The minimum Gasteiger partial charge on any atom is -0.445 e. The molecule has 30 heavy (non-hydrogen) atoms. The van der Waals surface area contributed by atoms with E-state index >= 15 is 0 Å². The highest BCUT2D eigenvalue weighted by molar-refractivity contribution is 7.99. The zero-order chi connectivity index (χ0) is 21.3. The fourth-order valence-corrected chi connectivity index (χ4v) is 3.31. The number of hydrogen-bond donors (Lipinski definition) is 1. The second-order valence-corrected chi connectivity index (χ2v) is 7.69. The number of benzene rings is 2. The number of alkyl carbamates (subject to hydrolysis) is 1. The van der Waals surface area contributed by atoms with Crippen molar-refractivity contribution in [2.45, 2.75) is 49.5 Å². The van der Waals surface area contributed by atoms with E-state index < -0.39 is 12.1 Å². The molecule has 3 aromatic rings. The summed E-state index contributed by atoms with van der Waals surface area (Å²) in [5.41, 5.74) is 2.04. The van der Waals surface area contributed by atoms with Crippen molar-refractivity contribution in [1.29, 1.82) is 0 Å². The van der Waals surface area contributed by atoms with E-state index in [0.717, 1.165) is 10.5 Å². The summed E-state index contributed by atoms with van der Waals surface area (Å²) in [6.07, 6.45) is -0.208. The molecule has 1 aromatic heterocycles. The summed E-state index contributed by atoms with van der Waals surface area (Å²) in [5, 5.41) is 15.2. The van der Waals surface area contributed by atoms with Gasteiger partial charge in [0.1, 0.15) is 13.2 Å². The number of rotatable bonds is 9. The number of tetrazole rings is 1. The van der Waals surface area contributed by atoms with Crippen LogP contribution in [0, 0.1) is 6.92 Å². The Bertz CT molecular complexity index is 976. The van der Waals surface area contributed by atoms with Crippen molar-refractivity contribution in [2.75, 3.05) is 0 Å². The van der Waals surface area contributed by atoms with Crippen LogP contribution in [0.1, 0.15) is 24.5 Å². The Morgan fingerprint density at radius 2 is 1.87 bits per heavy atom. The van der Waals surface area contributed by atoms with Gasteiger partial charge in [0, 0.05) is 4.90 Å². The van der Waals surface area contributed by atoms with E-state index in [9.17, 15) is 9.59 Å². The predicted octanol–water partition coefficient (Wildman–Crippen LogP) is 3.41. The maximum Gasteiger partial charge on any atom is 0.408 e. The molecule has 0 fully saturated rings. The Labute approximate surface area is 179 Å². The van der Waals surface area contributed by atoms with Gasteiger partial charge in [-0.1, -0.05) is 55.0 Å². The molecule has 1 heterocycles. The summed E-state index contributed by atoms with van der Waals surface area (Å²) < 4.78 is 5.18. The van der Waals surface area contributed by atoms with Gasteiger partial charge < -0.3 is 10.1 Å². The smallest absolute Gasteiger partial charge is 0.408 e. The largest absolute Gasteiger partial charge is 0.445 e. The van der Waals surface area contributed by atoms with Crippen LogP contribution in [0.2, 0.25) is 0 Å². The van der Waals surface area contributed by atoms with E-state index in [4.69, 9.17) is 4.74 Å². The van der Waals surface area contributed by atoms with Crippen LogP contribution in [0.5, 0.6) is 0 Å². The molecule has 1 N–H and O–H groups in total. The first-order valence-corrected chi connectivity index (χ1v) is 10.4. The average Bonchev–Trinajstić information content (AvgIpc) is 3.19. The van der Waals surface area contributed by atoms with Crippen molar-refractivity contribution in [3.63, 3.8) is 0 Å². The van der Waals surface area contributed by atoms with Crippen LogP contribution < -0.4 is 5.32 Å². The van der Waals surface area contributed by atoms with E-state index in [-0.39, 0.29) is 18.9 Å². The highest BCUT2D eigenvalue weighted by Gasteiger charge is 2.21. The second-order valence-electron chi connectivity index (χ2n) is 6.65. The van der Waals surface area contributed by atoms with Crippen LogP contribution in [0.15, 0.2) is 64.6 Å². The highest BCUT2D eigenvalue weighted by atomic mass is 32.2. The molecule has 8 nitrogen and oxygen atoms in total. The number of nitrogens with one attached hydrogen (secondary N) is 1. The quantitative estimate of drug-likeness (QED) is 0.561. The van der Waals surface area contributed by atoms with Crippen molar-refractivity contribution in [1.82, 2.24) is 25.5 Å². The lowest BCUT2D eigenvalue weighted by molar-refractivity contribution is -0.122. The van der Waals surface area contributed by atoms with Gasteiger partial charge in [-0.15, -0.1) is 10.2 Å². The van der Waals surface area contributed by atoms with Crippen molar-refractivity contribution >= 4 is 23.6 Å². The highest BCUT2D eigenvalue weighted by Crippen LogP contribution is 2.23. The van der Waals surface area contributed by atoms with E-state index in [1.807, 2.05) is 68.4 Å². The van der Waals surface area contributed by atoms with Crippen LogP contribution >= 0.6 is 11.8 Å². The van der Waals surface area contributed by atoms with Crippen LogP contribution in [0.25, 0.3) is 0 Å².